The first-order valence-electron chi connectivity index (χ1n) is 6.71. The fourth-order valence-electron chi connectivity index (χ4n) is 2.45. The number of anilines is 1. The number of rotatable bonds is 4. The summed E-state index contributed by atoms with van der Waals surface area (Å²) in [5, 5.41) is 0. The average molecular weight is 281 g/mol. The second kappa shape index (κ2) is 6.67. The van der Waals surface area contributed by atoms with Gasteiger partial charge in [-0.3, -0.25) is 10.6 Å². The number of hydrogen-bond acceptors (Lipinski definition) is 4. The molecule has 5 nitrogen and oxygen atoms in total. The van der Waals surface area contributed by atoms with Crippen LogP contribution in [0, 0.1) is 11.7 Å². The van der Waals surface area contributed by atoms with Crippen LogP contribution in [0.4, 0.5) is 10.1 Å². The van der Waals surface area contributed by atoms with Gasteiger partial charge in [-0.25, -0.2) is 4.39 Å². The topological polar surface area (TPSA) is 67.6 Å². The van der Waals surface area contributed by atoms with Crippen molar-refractivity contribution in [2.75, 3.05) is 32.2 Å². The molecule has 3 N–H and O–H groups in total. The van der Waals surface area contributed by atoms with Crippen molar-refractivity contribution < 1.29 is 13.9 Å². The molecule has 1 aromatic carbocycles. The lowest BCUT2D eigenvalue weighted by Crippen LogP contribution is -2.34. The van der Waals surface area contributed by atoms with Crippen molar-refractivity contribution in [1.82, 2.24) is 4.90 Å². The van der Waals surface area contributed by atoms with Crippen LogP contribution in [-0.4, -0.2) is 37.6 Å². The van der Waals surface area contributed by atoms with E-state index >= 15 is 0 Å². The highest BCUT2D eigenvalue weighted by atomic mass is 19.1. The second-order valence-electron chi connectivity index (χ2n) is 5.05. The number of halogens is 1. The molecule has 1 aromatic rings. The van der Waals surface area contributed by atoms with E-state index in [0.29, 0.717) is 12.5 Å². The van der Waals surface area contributed by atoms with Crippen LogP contribution in [0.15, 0.2) is 18.2 Å². The van der Waals surface area contributed by atoms with Crippen molar-refractivity contribution in [1.29, 1.82) is 0 Å². The summed E-state index contributed by atoms with van der Waals surface area (Å²) in [6.07, 6.45) is 1.89. The summed E-state index contributed by atoms with van der Waals surface area (Å²) in [7, 11) is 1.73. The molecule has 0 aromatic heterocycles. The zero-order valence-corrected chi connectivity index (χ0v) is 11.6. The van der Waals surface area contributed by atoms with Gasteiger partial charge in [0.25, 0.3) is 5.91 Å². The number of carbonyl (C=O) groups excluding carboxylic acids is 1. The molecular weight excluding hydrogens is 261 g/mol. The van der Waals surface area contributed by atoms with E-state index in [1.807, 2.05) is 0 Å². The number of amides is 1. The highest BCUT2D eigenvalue weighted by molar-refractivity contribution is 5.99. The Hall–Kier alpha value is -1.66. The number of benzene rings is 1. The molecule has 0 spiro atoms. The molecule has 1 aliphatic heterocycles. The summed E-state index contributed by atoms with van der Waals surface area (Å²) in [6.45, 7) is 2.12. The molecule has 0 radical (unpaired) electrons. The predicted octanol–water partition coefficient (Wildman–Crippen LogP) is 1.61. The van der Waals surface area contributed by atoms with Gasteiger partial charge in [0.2, 0.25) is 0 Å². The standard InChI is InChI=1S/C14H20FN3O2/c1-18(9-10-5-7-20-8-6-10)14(19)11-3-2-4-12(15)13(11)17-16/h2-4,10,17H,5-9,16H2,1H3. The Balaban J connectivity index is 2.08. The van der Waals surface area contributed by atoms with Crippen LogP contribution in [0.3, 0.4) is 0 Å². The van der Waals surface area contributed by atoms with Crippen LogP contribution in [0.5, 0.6) is 0 Å². The van der Waals surface area contributed by atoms with Crippen LogP contribution < -0.4 is 11.3 Å². The third kappa shape index (κ3) is 3.26. The number of ether oxygens (including phenoxy) is 1. The van der Waals surface area contributed by atoms with Crippen molar-refractivity contribution in [2.24, 2.45) is 11.8 Å². The van der Waals surface area contributed by atoms with Gasteiger partial charge in [0.1, 0.15) is 5.82 Å². The zero-order chi connectivity index (χ0) is 14.5. The molecule has 2 rings (SSSR count). The van der Waals surface area contributed by atoms with Crippen molar-refractivity contribution >= 4 is 11.6 Å². The lowest BCUT2D eigenvalue weighted by molar-refractivity contribution is 0.0497. The minimum absolute atomic E-state index is 0.0383. The molecule has 1 fully saturated rings. The van der Waals surface area contributed by atoms with Crippen LogP contribution in [-0.2, 0) is 4.74 Å². The first-order valence-corrected chi connectivity index (χ1v) is 6.71. The Morgan fingerprint density at radius 2 is 2.20 bits per heavy atom. The first kappa shape index (κ1) is 14.7. The van der Waals surface area contributed by atoms with Gasteiger partial charge < -0.3 is 15.1 Å². The van der Waals surface area contributed by atoms with Gasteiger partial charge in [0.15, 0.2) is 0 Å². The van der Waals surface area contributed by atoms with Gasteiger partial charge in [-0.1, -0.05) is 6.07 Å². The van der Waals surface area contributed by atoms with Crippen LogP contribution in [0.2, 0.25) is 0 Å². The van der Waals surface area contributed by atoms with Crippen molar-refractivity contribution in [3.63, 3.8) is 0 Å². The van der Waals surface area contributed by atoms with Crippen molar-refractivity contribution in [2.45, 2.75) is 12.8 Å². The molecule has 6 heteroatoms. The van der Waals surface area contributed by atoms with Gasteiger partial charge >= 0.3 is 0 Å². The smallest absolute Gasteiger partial charge is 0.255 e. The number of hydrogen-bond donors (Lipinski definition) is 2. The summed E-state index contributed by atoms with van der Waals surface area (Å²) in [4.78, 5) is 14.0. The molecule has 1 saturated heterocycles. The molecular formula is C14H20FN3O2. The molecule has 0 unspecified atom stereocenters. The first-order chi connectivity index (χ1) is 9.63. The van der Waals surface area contributed by atoms with Gasteiger partial charge in [0.05, 0.1) is 11.3 Å². The van der Waals surface area contributed by atoms with Gasteiger partial charge in [-0.05, 0) is 30.9 Å². The van der Waals surface area contributed by atoms with E-state index < -0.39 is 5.82 Å². The normalized spacial score (nSPS) is 15.9. The van der Waals surface area contributed by atoms with E-state index in [2.05, 4.69) is 5.43 Å². The third-order valence-electron chi connectivity index (χ3n) is 3.61. The summed E-state index contributed by atoms with van der Waals surface area (Å²) in [6, 6.07) is 4.34. The fourth-order valence-corrected chi connectivity index (χ4v) is 2.45. The van der Waals surface area contributed by atoms with Crippen LogP contribution in [0.1, 0.15) is 23.2 Å². The maximum atomic E-state index is 13.6. The maximum absolute atomic E-state index is 13.6. The maximum Gasteiger partial charge on any atom is 0.255 e. The average Bonchev–Trinajstić information content (AvgIpc) is 2.47. The molecule has 1 amide bonds. The van der Waals surface area contributed by atoms with E-state index in [1.165, 1.54) is 12.1 Å². The van der Waals surface area contributed by atoms with Gasteiger partial charge in [-0.15, -0.1) is 0 Å². The second-order valence-corrected chi connectivity index (χ2v) is 5.05. The molecule has 1 heterocycles. The summed E-state index contributed by atoms with van der Waals surface area (Å²) < 4.78 is 18.9. The van der Waals surface area contributed by atoms with Crippen LogP contribution >= 0.6 is 0 Å². The molecule has 0 bridgehead atoms. The van der Waals surface area contributed by atoms with Crippen LogP contribution in [0.25, 0.3) is 0 Å². The monoisotopic (exact) mass is 281 g/mol. The number of nitrogens with zero attached hydrogens (tertiary/aromatic N) is 1. The molecule has 20 heavy (non-hydrogen) atoms. The predicted molar refractivity (Wildman–Crippen MR) is 74.7 cm³/mol. The molecule has 110 valence electrons. The van der Waals surface area contributed by atoms with Crippen molar-refractivity contribution in [3.05, 3.63) is 29.6 Å². The number of hydrazine groups is 1. The molecule has 0 saturated carbocycles. The highest BCUT2D eigenvalue weighted by Gasteiger charge is 2.22. The number of para-hydroxylation sites is 1. The number of nitrogens with one attached hydrogen (secondary N) is 1. The summed E-state index contributed by atoms with van der Waals surface area (Å²) in [5.41, 5.74) is 2.55. The van der Waals surface area contributed by atoms with E-state index in [1.54, 1.807) is 18.0 Å². The Morgan fingerprint density at radius 3 is 2.85 bits per heavy atom. The minimum atomic E-state index is -0.530. The Labute approximate surface area is 117 Å². The largest absolute Gasteiger partial charge is 0.381 e. The Morgan fingerprint density at radius 1 is 1.50 bits per heavy atom. The molecule has 0 atom stereocenters. The molecule has 1 aliphatic rings. The number of nitrogen functional groups attached to an aromatic ring is 1. The lowest BCUT2D eigenvalue weighted by Gasteiger charge is -2.27. The summed E-state index contributed by atoms with van der Waals surface area (Å²) >= 11 is 0. The third-order valence-corrected chi connectivity index (χ3v) is 3.61. The SMILES string of the molecule is CN(CC1CCOCC1)C(=O)c1cccc(F)c1NN. The fraction of sp³-hybridized carbons (Fsp3) is 0.500. The van der Waals surface area contributed by atoms with Crippen molar-refractivity contribution in [3.8, 4) is 0 Å². The number of nitrogens with two attached hydrogens (primary N) is 1. The highest BCUT2D eigenvalue weighted by Crippen LogP contribution is 2.22. The molecule has 0 aliphatic carbocycles. The van der Waals surface area contributed by atoms with Gasteiger partial charge in [0, 0.05) is 26.8 Å². The van der Waals surface area contributed by atoms with E-state index in [0.717, 1.165) is 26.1 Å². The number of carbonyl (C=O) groups is 1. The quantitative estimate of drug-likeness (QED) is 0.650. The van der Waals surface area contributed by atoms with E-state index in [-0.39, 0.29) is 17.2 Å². The van der Waals surface area contributed by atoms with Gasteiger partial charge in [-0.2, -0.15) is 0 Å². The van der Waals surface area contributed by atoms with E-state index in [4.69, 9.17) is 10.6 Å². The Kier molecular flexibility index (Phi) is 4.92. The Bertz CT molecular complexity index is 475. The van der Waals surface area contributed by atoms with E-state index in [9.17, 15) is 9.18 Å². The lowest BCUT2D eigenvalue weighted by atomic mass is 9.99. The summed E-state index contributed by atoms with van der Waals surface area (Å²) in [5.74, 6) is 4.97. The minimum Gasteiger partial charge on any atom is -0.381 e. The zero-order valence-electron chi connectivity index (χ0n) is 11.6.